The highest BCUT2D eigenvalue weighted by atomic mass is 32.2. The molecule has 1 aromatic heterocycles. The van der Waals surface area contributed by atoms with Gasteiger partial charge in [-0.2, -0.15) is 0 Å². The second-order valence-electron chi connectivity index (χ2n) is 4.65. The standard InChI is InChI=1S/C13H17N3O3S/c1-8-3-4-13(19-8)9(2)16-11-5-10(14)6-12(7-11)20(15,17)18/h3-7,9,16H,14H2,1-2H3,(H2,15,17,18). The molecule has 0 aliphatic rings. The van der Waals surface area contributed by atoms with Crippen molar-refractivity contribution in [1.29, 1.82) is 0 Å². The Balaban J connectivity index is 2.28. The highest BCUT2D eigenvalue weighted by Crippen LogP contribution is 2.25. The van der Waals surface area contributed by atoms with Crippen molar-refractivity contribution in [1.82, 2.24) is 0 Å². The van der Waals surface area contributed by atoms with Crippen molar-refractivity contribution in [3.05, 3.63) is 41.9 Å². The van der Waals surface area contributed by atoms with Gasteiger partial charge in [0, 0.05) is 11.4 Å². The number of primary sulfonamides is 1. The van der Waals surface area contributed by atoms with Crippen molar-refractivity contribution in [2.45, 2.75) is 24.8 Å². The molecular formula is C13H17N3O3S. The summed E-state index contributed by atoms with van der Waals surface area (Å²) in [6, 6.07) is 8.00. The molecule has 6 nitrogen and oxygen atoms in total. The number of furan rings is 1. The number of hydrogen-bond acceptors (Lipinski definition) is 5. The highest BCUT2D eigenvalue weighted by molar-refractivity contribution is 7.89. The Morgan fingerprint density at radius 1 is 1.25 bits per heavy atom. The van der Waals surface area contributed by atoms with Gasteiger partial charge in [0.05, 0.1) is 10.9 Å². The molecule has 7 heteroatoms. The van der Waals surface area contributed by atoms with E-state index in [9.17, 15) is 8.42 Å². The molecule has 1 unspecified atom stereocenters. The van der Waals surface area contributed by atoms with Gasteiger partial charge in [-0.05, 0) is 44.2 Å². The Morgan fingerprint density at radius 2 is 1.95 bits per heavy atom. The van der Waals surface area contributed by atoms with Gasteiger partial charge in [-0.3, -0.25) is 0 Å². The summed E-state index contributed by atoms with van der Waals surface area (Å²) in [5.74, 6) is 1.56. The van der Waals surface area contributed by atoms with E-state index < -0.39 is 10.0 Å². The van der Waals surface area contributed by atoms with Crippen LogP contribution in [0, 0.1) is 6.92 Å². The van der Waals surface area contributed by atoms with Crippen LogP contribution in [-0.2, 0) is 10.0 Å². The fourth-order valence-corrected chi connectivity index (χ4v) is 2.47. The summed E-state index contributed by atoms with van der Waals surface area (Å²) in [5.41, 5.74) is 6.58. The predicted molar refractivity (Wildman–Crippen MR) is 77.7 cm³/mol. The van der Waals surface area contributed by atoms with Gasteiger partial charge in [0.1, 0.15) is 11.5 Å². The zero-order chi connectivity index (χ0) is 14.9. The lowest BCUT2D eigenvalue weighted by molar-refractivity contribution is 0.467. The summed E-state index contributed by atoms with van der Waals surface area (Å²) in [6.07, 6.45) is 0. The monoisotopic (exact) mass is 295 g/mol. The van der Waals surface area contributed by atoms with Crippen LogP contribution in [0.1, 0.15) is 24.5 Å². The average Bonchev–Trinajstić information content (AvgIpc) is 2.74. The van der Waals surface area contributed by atoms with E-state index in [1.165, 1.54) is 12.1 Å². The van der Waals surface area contributed by atoms with E-state index in [-0.39, 0.29) is 10.9 Å². The first-order chi connectivity index (χ1) is 9.25. The molecule has 0 amide bonds. The SMILES string of the molecule is Cc1ccc(C(C)Nc2cc(N)cc(S(N)(=O)=O)c2)o1. The molecule has 0 fully saturated rings. The van der Waals surface area contributed by atoms with E-state index in [4.69, 9.17) is 15.3 Å². The number of benzene rings is 1. The predicted octanol–water partition coefficient (Wildman–Crippen LogP) is 1.99. The molecule has 0 aliphatic heterocycles. The van der Waals surface area contributed by atoms with E-state index in [0.717, 1.165) is 11.5 Å². The van der Waals surface area contributed by atoms with Gasteiger partial charge in [-0.15, -0.1) is 0 Å². The second kappa shape index (κ2) is 5.18. The molecule has 0 spiro atoms. The number of sulfonamides is 1. The summed E-state index contributed by atoms with van der Waals surface area (Å²) >= 11 is 0. The van der Waals surface area contributed by atoms with Crippen molar-refractivity contribution in [3.8, 4) is 0 Å². The Morgan fingerprint density at radius 3 is 2.50 bits per heavy atom. The number of anilines is 2. The molecular weight excluding hydrogens is 278 g/mol. The number of nitrogen functional groups attached to an aromatic ring is 1. The first kappa shape index (κ1) is 14.4. The first-order valence-corrected chi connectivity index (χ1v) is 7.56. The Kier molecular flexibility index (Phi) is 3.74. The van der Waals surface area contributed by atoms with E-state index in [1.807, 2.05) is 26.0 Å². The lowest BCUT2D eigenvalue weighted by atomic mass is 10.2. The van der Waals surface area contributed by atoms with Crippen LogP contribution in [0.3, 0.4) is 0 Å². The third kappa shape index (κ3) is 3.31. The Labute approximate surface area is 117 Å². The van der Waals surface area contributed by atoms with Crippen LogP contribution in [0.4, 0.5) is 11.4 Å². The van der Waals surface area contributed by atoms with E-state index in [2.05, 4.69) is 5.32 Å². The Hall–Kier alpha value is -1.99. The van der Waals surface area contributed by atoms with Crippen LogP contribution in [0.25, 0.3) is 0 Å². The van der Waals surface area contributed by atoms with Crippen LogP contribution in [0.5, 0.6) is 0 Å². The van der Waals surface area contributed by atoms with E-state index in [1.54, 1.807) is 6.07 Å². The van der Waals surface area contributed by atoms with Gasteiger partial charge >= 0.3 is 0 Å². The molecule has 5 N–H and O–H groups in total. The van der Waals surface area contributed by atoms with Crippen molar-refractivity contribution >= 4 is 21.4 Å². The van der Waals surface area contributed by atoms with Crippen LogP contribution in [0.15, 0.2) is 39.6 Å². The molecule has 0 radical (unpaired) electrons. The maximum atomic E-state index is 11.4. The van der Waals surface area contributed by atoms with Crippen LogP contribution in [-0.4, -0.2) is 8.42 Å². The van der Waals surface area contributed by atoms with Crippen LogP contribution < -0.4 is 16.2 Å². The van der Waals surface area contributed by atoms with Gasteiger partial charge in [-0.25, -0.2) is 13.6 Å². The van der Waals surface area contributed by atoms with Crippen molar-refractivity contribution in [3.63, 3.8) is 0 Å². The summed E-state index contributed by atoms with van der Waals surface area (Å²) < 4.78 is 28.3. The minimum Gasteiger partial charge on any atom is -0.464 e. The Bertz CT molecular complexity index is 722. The van der Waals surface area contributed by atoms with Gasteiger partial charge in [0.25, 0.3) is 0 Å². The fourth-order valence-electron chi connectivity index (χ4n) is 1.88. The summed E-state index contributed by atoms with van der Waals surface area (Å²) in [4.78, 5) is -0.0252. The molecule has 0 bridgehead atoms. The number of nitrogens with one attached hydrogen (secondary N) is 1. The smallest absolute Gasteiger partial charge is 0.238 e. The van der Waals surface area contributed by atoms with Crippen LogP contribution in [0.2, 0.25) is 0 Å². The van der Waals surface area contributed by atoms with E-state index >= 15 is 0 Å². The number of rotatable bonds is 4. The highest BCUT2D eigenvalue weighted by Gasteiger charge is 2.13. The number of hydrogen-bond donors (Lipinski definition) is 3. The second-order valence-corrected chi connectivity index (χ2v) is 6.21. The van der Waals surface area contributed by atoms with E-state index in [0.29, 0.717) is 11.4 Å². The van der Waals surface area contributed by atoms with Crippen LogP contribution >= 0.6 is 0 Å². The quantitative estimate of drug-likeness (QED) is 0.747. The van der Waals surface area contributed by atoms with Gasteiger partial charge < -0.3 is 15.5 Å². The minimum atomic E-state index is -3.79. The fraction of sp³-hybridized carbons (Fsp3) is 0.231. The van der Waals surface area contributed by atoms with Crippen molar-refractivity contribution in [2.24, 2.45) is 5.14 Å². The minimum absolute atomic E-state index is 0.0252. The lowest BCUT2D eigenvalue weighted by Crippen LogP contribution is -2.13. The molecule has 2 aromatic rings. The zero-order valence-electron chi connectivity index (χ0n) is 11.3. The maximum Gasteiger partial charge on any atom is 0.238 e. The molecule has 0 aliphatic carbocycles. The largest absolute Gasteiger partial charge is 0.464 e. The van der Waals surface area contributed by atoms with Gasteiger partial charge in [0.2, 0.25) is 10.0 Å². The zero-order valence-corrected chi connectivity index (χ0v) is 12.1. The molecule has 1 aromatic carbocycles. The van der Waals surface area contributed by atoms with Crippen molar-refractivity contribution in [2.75, 3.05) is 11.1 Å². The summed E-state index contributed by atoms with van der Waals surface area (Å²) in [7, 11) is -3.79. The average molecular weight is 295 g/mol. The summed E-state index contributed by atoms with van der Waals surface area (Å²) in [6.45, 7) is 3.76. The molecule has 2 rings (SSSR count). The molecule has 0 saturated carbocycles. The third-order valence-electron chi connectivity index (χ3n) is 2.83. The number of nitrogens with two attached hydrogens (primary N) is 2. The molecule has 108 valence electrons. The maximum absolute atomic E-state index is 11.4. The van der Waals surface area contributed by atoms with Gasteiger partial charge in [0.15, 0.2) is 0 Å². The number of aryl methyl sites for hydroxylation is 1. The third-order valence-corrected chi connectivity index (χ3v) is 3.72. The van der Waals surface area contributed by atoms with Crippen molar-refractivity contribution < 1.29 is 12.8 Å². The lowest BCUT2D eigenvalue weighted by Gasteiger charge is -2.14. The first-order valence-electron chi connectivity index (χ1n) is 6.02. The molecule has 1 heterocycles. The molecule has 20 heavy (non-hydrogen) atoms. The summed E-state index contributed by atoms with van der Waals surface area (Å²) in [5, 5.41) is 8.24. The van der Waals surface area contributed by atoms with Gasteiger partial charge in [-0.1, -0.05) is 0 Å². The molecule has 0 saturated heterocycles. The normalized spacial score (nSPS) is 13.2. The topological polar surface area (TPSA) is 111 Å². The molecule has 1 atom stereocenters.